The number of hydrogen-bond acceptors (Lipinski definition) is 4. The molecule has 0 saturated heterocycles. The van der Waals surface area contributed by atoms with E-state index in [1.165, 1.54) is 12.1 Å². The Kier molecular flexibility index (Phi) is 4.84. The van der Waals surface area contributed by atoms with Crippen LogP contribution in [0.15, 0.2) is 28.7 Å². The Hall–Kier alpha value is -1.75. The molecule has 2 aromatic rings. The molecule has 1 atom stereocenters. The summed E-state index contributed by atoms with van der Waals surface area (Å²) in [5.41, 5.74) is 7.03. The number of benzene rings is 1. The third kappa shape index (κ3) is 4.13. The molecule has 2 rings (SSSR count). The summed E-state index contributed by atoms with van der Waals surface area (Å²) in [6.07, 6.45) is 2.19. The second-order valence-electron chi connectivity index (χ2n) is 5.40. The molecule has 0 spiro atoms. The smallest absolute Gasteiger partial charge is 0.233 e. The monoisotopic (exact) mass is 277 g/mol. The van der Waals surface area contributed by atoms with Crippen molar-refractivity contribution < 1.29 is 8.81 Å². The molecule has 0 radical (unpaired) electrons. The Balaban J connectivity index is 1.91. The predicted molar refractivity (Wildman–Crippen MR) is 74.5 cm³/mol. The van der Waals surface area contributed by atoms with Gasteiger partial charge in [0.15, 0.2) is 0 Å². The van der Waals surface area contributed by atoms with Gasteiger partial charge in [0.25, 0.3) is 0 Å². The Morgan fingerprint density at radius 2 is 1.85 bits per heavy atom. The lowest BCUT2D eigenvalue weighted by Gasteiger charge is -2.08. The number of nitrogens with two attached hydrogens (primary N) is 1. The lowest BCUT2D eigenvalue weighted by molar-refractivity contribution is 0.383. The summed E-state index contributed by atoms with van der Waals surface area (Å²) in [4.78, 5) is 0. The first-order valence-electron chi connectivity index (χ1n) is 6.87. The fraction of sp³-hybridized carbons (Fsp3) is 0.467. The molecule has 0 aliphatic rings. The maximum absolute atomic E-state index is 12.8. The lowest BCUT2D eigenvalue weighted by Crippen LogP contribution is -2.13. The van der Waals surface area contributed by atoms with Gasteiger partial charge < -0.3 is 10.2 Å². The van der Waals surface area contributed by atoms with Crippen molar-refractivity contribution >= 4 is 0 Å². The molecule has 4 nitrogen and oxygen atoms in total. The van der Waals surface area contributed by atoms with E-state index < -0.39 is 0 Å². The van der Waals surface area contributed by atoms with Crippen LogP contribution in [0.2, 0.25) is 0 Å². The van der Waals surface area contributed by atoms with Gasteiger partial charge in [-0.05, 0) is 36.5 Å². The Labute approximate surface area is 118 Å². The van der Waals surface area contributed by atoms with Crippen molar-refractivity contribution in [3.05, 3.63) is 47.4 Å². The summed E-state index contributed by atoms with van der Waals surface area (Å²) in [7, 11) is 0. The predicted octanol–water partition coefficient (Wildman–Crippen LogP) is 3.04. The molecule has 1 aromatic heterocycles. The normalized spacial score (nSPS) is 12.8. The summed E-state index contributed by atoms with van der Waals surface area (Å²) in [6, 6.07) is 6.22. The van der Waals surface area contributed by atoms with Gasteiger partial charge in [0.1, 0.15) is 5.82 Å². The average molecular weight is 277 g/mol. The van der Waals surface area contributed by atoms with E-state index in [1.807, 2.05) is 0 Å². The van der Waals surface area contributed by atoms with E-state index in [2.05, 4.69) is 24.0 Å². The zero-order valence-electron chi connectivity index (χ0n) is 11.8. The Morgan fingerprint density at radius 3 is 2.50 bits per heavy atom. The largest absolute Gasteiger partial charge is 0.424 e. The minimum atomic E-state index is -0.228. The fourth-order valence-corrected chi connectivity index (χ4v) is 2.03. The maximum atomic E-state index is 12.8. The van der Waals surface area contributed by atoms with E-state index in [-0.39, 0.29) is 11.9 Å². The molecular weight excluding hydrogens is 257 g/mol. The molecule has 0 fully saturated rings. The average Bonchev–Trinajstić information content (AvgIpc) is 2.86. The van der Waals surface area contributed by atoms with Crippen molar-refractivity contribution in [3.8, 4) is 0 Å². The molecule has 0 saturated carbocycles. The quantitative estimate of drug-likeness (QED) is 0.881. The van der Waals surface area contributed by atoms with Crippen LogP contribution in [0.3, 0.4) is 0 Å². The highest BCUT2D eigenvalue weighted by Crippen LogP contribution is 2.18. The number of rotatable bonds is 6. The summed E-state index contributed by atoms with van der Waals surface area (Å²) < 4.78 is 18.4. The minimum absolute atomic E-state index is 0.206. The summed E-state index contributed by atoms with van der Waals surface area (Å²) in [6.45, 7) is 4.21. The van der Waals surface area contributed by atoms with Gasteiger partial charge in [0.2, 0.25) is 11.8 Å². The van der Waals surface area contributed by atoms with E-state index in [0.29, 0.717) is 24.1 Å². The number of halogens is 1. The van der Waals surface area contributed by atoms with Crippen LogP contribution in [0, 0.1) is 11.7 Å². The minimum Gasteiger partial charge on any atom is -0.424 e. The molecule has 1 unspecified atom stereocenters. The molecule has 1 aromatic carbocycles. The molecule has 0 bridgehead atoms. The van der Waals surface area contributed by atoms with Crippen LogP contribution in [0.25, 0.3) is 0 Å². The first-order valence-corrected chi connectivity index (χ1v) is 6.87. The highest BCUT2D eigenvalue weighted by molar-refractivity contribution is 5.16. The van der Waals surface area contributed by atoms with Gasteiger partial charge in [-0.25, -0.2) is 4.39 Å². The molecule has 0 aliphatic carbocycles. The van der Waals surface area contributed by atoms with Crippen molar-refractivity contribution in [2.24, 2.45) is 11.7 Å². The fourth-order valence-electron chi connectivity index (χ4n) is 2.03. The second kappa shape index (κ2) is 6.61. The molecule has 0 amide bonds. The summed E-state index contributed by atoms with van der Waals surface area (Å²) in [5, 5.41) is 8.00. The summed E-state index contributed by atoms with van der Waals surface area (Å²) in [5.74, 6) is 1.32. The standard InChI is InChI=1S/C15H20FN3O/c1-10(2)9-13(17)15-19-18-14(20-15)8-5-11-3-6-12(16)7-4-11/h3-4,6-7,10,13H,5,8-9,17H2,1-2H3. The van der Waals surface area contributed by atoms with E-state index in [9.17, 15) is 4.39 Å². The second-order valence-corrected chi connectivity index (χ2v) is 5.40. The number of aromatic nitrogens is 2. The first kappa shape index (κ1) is 14.7. The zero-order valence-corrected chi connectivity index (χ0v) is 11.8. The SMILES string of the molecule is CC(C)CC(N)c1nnc(CCc2ccc(F)cc2)o1. The number of aryl methyl sites for hydroxylation is 2. The lowest BCUT2D eigenvalue weighted by atomic mass is 10.0. The van der Waals surface area contributed by atoms with Crippen LogP contribution in [0.1, 0.15) is 43.7 Å². The van der Waals surface area contributed by atoms with E-state index in [0.717, 1.165) is 18.4 Å². The van der Waals surface area contributed by atoms with Gasteiger partial charge >= 0.3 is 0 Å². The van der Waals surface area contributed by atoms with Crippen LogP contribution in [-0.4, -0.2) is 10.2 Å². The highest BCUT2D eigenvalue weighted by Gasteiger charge is 2.15. The maximum Gasteiger partial charge on any atom is 0.233 e. The van der Waals surface area contributed by atoms with Gasteiger partial charge in [-0.3, -0.25) is 0 Å². The first-order chi connectivity index (χ1) is 9.54. The van der Waals surface area contributed by atoms with Crippen LogP contribution >= 0.6 is 0 Å². The van der Waals surface area contributed by atoms with Crippen molar-refractivity contribution in [1.82, 2.24) is 10.2 Å². The van der Waals surface area contributed by atoms with Gasteiger partial charge in [-0.2, -0.15) is 0 Å². The zero-order chi connectivity index (χ0) is 14.5. The third-order valence-electron chi connectivity index (χ3n) is 3.07. The number of hydrogen-bond donors (Lipinski definition) is 1. The molecule has 20 heavy (non-hydrogen) atoms. The van der Waals surface area contributed by atoms with Crippen LogP contribution < -0.4 is 5.73 Å². The van der Waals surface area contributed by atoms with Gasteiger partial charge in [-0.1, -0.05) is 26.0 Å². The Morgan fingerprint density at radius 1 is 1.15 bits per heavy atom. The van der Waals surface area contributed by atoms with Crippen molar-refractivity contribution in [2.75, 3.05) is 0 Å². The van der Waals surface area contributed by atoms with Crippen molar-refractivity contribution in [1.29, 1.82) is 0 Å². The van der Waals surface area contributed by atoms with E-state index in [4.69, 9.17) is 10.2 Å². The molecule has 108 valence electrons. The van der Waals surface area contributed by atoms with Crippen LogP contribution in [0.4, 0.5) is 4.39 Å². The highest BCUT2D eigenvalue weighted by atomic mass is 19.1. The van der Waals surface area contributed by atoms with Crippen LogP contribution in [-0.2, 0) is 12.8 Å². The molecule has 5 heteroatoms. The number of nitrogens with zero attached hydrogens (tertiary/aromatic N) is 2. The van der Waals surface area contributed by atoms with Gasteiger partial charge in [0, 0.05) is 6.42 Å². The molecular formula is C15H20FN3O. The van der Waals surface area contributed by atoms with E-state index >= 15 is 0 Å². The van der Waals surface area contributed by atoms with Crippen molar-refractivity contribution in [2.45, 2.75) is 39.2 Å². The third-order valence-corrected chi connectivity index (χ3v) is 3.07. The molecule has 1 heterocycles. The molecule has 2 N–H and O–H groups in total. The van der Waals surface area contributed by atoms with Crippen LogP contribution in [0.5, 0.6) is 0 Å². The van der Waals surface area contributed by atoms with E-state index in [1.54, 1.807) is 12.1 Å². The van der Waals surface area contributed by atoms with Gasteiger partial charge in [-0.15, -0.1) is 10.2 Å². The Bertz CT molecular complexity index is 536. The summed E-state index contributed by atoms with van der Waals surface area (Å²) >= 11 is 0. The molecule has 0 aliphatic heterocycles. The van der Waals surface area contributed by atoms with Gasteiger partial charge in [0.05, 0.1) is 6.04 Å². The topological polar surface area (TPSA) is 64.9 Å². The van der Waals surface area contributed by atoms with Crippen molar-refractivity contribution in [3.63, 3.8) is 0 Å².